The van der Waals surface area contributed by atoms with E-state index in [1.54, 1.807) is 25.1 Å². The number of carbonyl (C=O) groups is 1. The molecule has 0 spiro atoms. The average Bonchev–Trinajstić information content (AvgIpc) is 3.03. The van der Waals surface area contributed by atoms with E-state index in [2.05, 4.69) is 5.16 Å². The number of halogens is 2. The van der Waals surface area contributed by atoms with Crippen LogP contribution in [0, 0.1) is 18.3 Å². The van der Waals surface area contributed by atoms with Gasteiger partial charge in [0, 0.05) is 11.6 Å². The number of methoxy groups -OCH3 is 1. The molecular weight excluding hydrogens is 391 g/mol. The molecule has 1 aromatic heterocycles. The van der Waals surface area contributed by atoms with Gasteiger partial charge >= 0.3 is 5.97 Å². The van der Waals surface area contributed by atoms with E-state index in [0.29, 0.717) is 21.2 Å². The van der Waals surface area contributed by atoms with Crippen molar-refractivity contribution in [2.75, 3.05) is 7.11 Å². The van der Waals surface area contributed by atoms with E-state index in [1.165, 1.54) is 25.3 Å². The molecule has 0 aliphatic rings. The van der Waals surface area contributed by atoms with Gasteiger partial charge in [0.05, 0.1) is 28.8 Å². The maximum atomic E-state index is 12.8. The highest BCUT2D eigenvalue weighted by Crippen LogP contribution is 2.37. The lowest BCUT2D eigenvalue weighted by Crippen LogP contribution is -2.11. The molecule has 3 rings (SSSR count). The van der Waals surface area contributed by atoms with Crippen LogP contribution < -0.4 is 9.47 Å². The summed E-state index contributed by atoms with van der Waals surface area (Å²) in [6, 6.07) is 11.4. The lowest BCUT2D eigenvalue weighted by Gasteiger charge is -2.10. The fourth-order valence-electron chi connectivity index (χ4n) is 2.48. The monoisotopic (exact) mass is 402 g/mol. The molecule has 1 heterocycles. The number of benzene rings is 2. The summed E-state index contributed by atoms with van der Waals surface area (Å²) in [5, 5.41) is 13.5. The molecule has 0 radical (unpaired) electrons. The predicted octanol–water partition coefficient (Wildman–Crippen LogP) is 5.06. The quantitative estimate of drug-likeness (QED) is 0.447. The fourth-order valence-corrected chi connectivity index (χ4v) is 3.06. The number of nitriles is 1. The first-order chi connectivity index (χ1) is 13.0. The van der Waals surface area contributed by atoms with E-state index < -0.39 is 5.97 Å². The summed E-state index contributed by atoms with van der Waals surface area (Å²) in [6.45, 7) is 1.58. The van der Waals surface area contributed by atoms with Gasteiger partial charge in [0.15, 0.2) is 11.5 Å². The Hall–Kier alpha value is -3.01. The van der Waals surface area contributed by atoms with Crippen LogP contribution in [0.3, 0.4) is 0 Å². The highest BCUT2D eigenvalue weighted by molar-refractivity contribution is 6.39. The van der Waals surface area contributed by atoms with E-state index in [-0.39, 0.29) is 28.5 Å². The van der Waals surface area contributed by atoms with Gasteiger partial charge in [-0.25, -0.2) is 4.79 Å². The first kappa shape index (κ1) is 18.8. The van der Waals surface area contributed by atoms with E-state index in [9.17, 15) is 4.79 Å². The summed E-state index contributed by atoms with van der Waals surface area (Å²) in [5.41, 5.74) is 1.02. The van der Waals surface area contributed by atoms with E-state index >= 15 is 0 Å². The van der Waals surface area contributed by atoms with Crippen LogP contribution in [0.4, 0.5) is 0 Å². The van der Waals surface area contributed by atoms with Gasteiger partial charge in [0.2, 0.25) is 0 Å². The molecule has 0 aliphatic heterocycles. The third kappa shape index (κ3) is 3.61. The third-order valence-corrected chi connectivity index (χ3v) is 4.39. The van der Waals surface area contributed by atoms with Gasteiger partial charge in [-0.15, -0.1) is 0 Å². The Morgan fingerprint density at radius 1 is 1.19 bits per heavy atom. The standard InChI is InChI=1S/C19H12Cl2N2O4/c1-10-16(18(23-27-10)17-12(20)4-3-5-13(17)21)19(24)26-14-7-6-11(9-22)8-15(14)25-2/h3-8H,1-2H3. The number of carbonyl (C=O) groups excluding carboxylic acids is 1. The lowest BCUT2D eigenvalue weighted by atomic mass is 10.1. The Balaban J connectivity index is 2.03. The second-order valence-corrected chi connectivity index (χ2v) is 6.24. The van der Waals surface area contributed by atoms with Gasteiger partial charge in [-0.1, -0.05) is 34.4 Å². The third-order valence-electron chi connectivity index (χ3n) is 3.76. The number of aromatic nitrogens is 1. The Kier molecular flexibility index (Phi) is 5.36. The average molecular weight is 403 g/mol. The van der Waals surface area contributed by atoms with Gasteiger partial charge in [-0.05, 0) is 31.2 Å². The smallest absolute Gasteiger partial charge is 0.349 e. The molecule has 0 aliphatic carbocycles. The summed E-state index contributed by atoms with van der Waals surface area (Å²) in [6.07, 6.45) is 0. The first-order valence-corrected chi connectivity index (χ1v) is 8.42. The van der Waals surface area contributed by atoms with Gasteiger partial charge in [0.25, 0.3) is 0 Å². The van der Waals surface area contributed by atoms with Crippen molar-refractivity contribution in [1.82, 2.24) is 5.16 Å². The van der Waals surface area contributed by atoms with Crippen molar-refractivity contribution < 1.29 is 18.8 Å². The molecular formula is C19H12Cl2N2O4. The van der Waals surface area contributed by atoms with Crippen LogP contribution in [0.2, 0.25) is 10.0 Å². The van der Waals surface area contributed by atoms with Crippen molar-refractivity contribution in [3.63, 3.8) is 0 Å². The number of nitrogens with zero attached hydrogens (tertiary/aromatic N) is 2. The van der Waals surface area contributed by atoms with Crippen LogP contribution in [-0.4, -0.2) is 18.2 Å². The molecule has 0 bridgehead atoms. The molecule has 0 fully saturated rings. The number of esters is 1. The maximum Gasteiger partial charge on any atom is 0.349 e. The largest absolute Gasteiger partial charge is 0.493 e. The zero-order valence-electron chi connectivity index (χ0n) is 14.2. The van der Waals surface area contributed by atoms with Crippen molar-refractivity contribution in [2.45, 2.75) is 6.92 Å². The van der Waals surface area contributed by atoms with Crippen LogP contribution in [0.15, 0.2) is 40.9 Å². The van der Waals surface area contributed by atoms with Gasteiger partial charge in [-0.3, -0.25) is 0 Å². The number of rotatable bonds is 4. The maximum absolute atomic E-state index is 12.8. The van der Waals surface area contributed by atoms with E-state index in [1.807, 2.05) is 6.07 Å². The molecule has 8 heteroatoms. The highest BCUT2D eigenvalue weighted by Gasteiger charge is 2.27. The van der Waals surface area contributed by atoms with Gasteiger partial charge < -0.3 is 14.0 Å². The van der Waals surface area contributed by atoms with E-state index in [0.717, 1.165) is 0 Å². The second-order valence-electron chi connectivity index (χ2n) is 5.43. The normalized spacial score (nSPS) is 10.3. The zero-order valence-corrected chi connectivity index (χ0v) is 15.8. The number of aryl methyl sites for hydroxylation is 1. The number of ether oxygens (including phenoxy) is 2. The Bertz CT molecular complexity index is 1050. The molecule has 3 aromatic rings. The summed E-state index contributed by atoms with van der Waals surface area (Å²) in [7, 11) is 1.41. The van der Waals surface area contributed by atoms with Gasteiger partial charge in [0.1, 0.15) is 17.0 Å². The predicted molar refractivity (Wildman–Crippen MR) is 99.4 cm³/mol. The summed E-state index contributed by atoms with van der Waals surface area (Å²) >= 11 is 12.4. The minimum Gasteiger partial charge on any atom is -0.493 e. The SMILES string of the molecule is COc1cc(C#N)ccc1OC(=O)c1c(-c2c(Cl)cccc2Cl)noc1C. The minimum atomic E-state index is -0.720. The molecule has 27 heavy (non-hydrogen) atoms. The molecule has 0 amide bonds. The topological polar surface area (TPSA) is 85.4 Å². The molecule has 0 N–H and O–H groups in total. The Morgan fingerprint density at radius 2 is 1.89 bits per heavy atom. The van der Waals surface area contributed by atoms with Crippen molar-refractivity contribution in [3.8, 4) is 28.8 Å². The van der Waals surface area contributed by atoms with Crippen molar-refractivity contribution in [1.29, 1.82) is 5.26 Å². The highest BCUT2D eigenvalue weighted by atomic mass is 35.5. The zero-order chi connectivity index (χ0) is 19.6. The summed E-state index contributed by atoms with van der Waals surface area (Å²) in [4.78, 5) is 12.8. The molecule has 0 unspecified atom stereocenters. The van der Waals surface area contributed by atoms with Crippen LogP contribution in [0.1, 0.15) is 21.7 Å². The second kappa shape index (κ2) is 7.70. The molecule has 0 atom stereocenters. The Morgan fingerprint density at radius 3 is 2.52 bits per heavy atom. The molecule has 136 valence electrons. The van der Waals surface area contributed by atoms with Crippen LogP contribution in [-0.2, 0) is 0 Å². The number of hydrogen-bond donors (Lipinski definition) is 0. The molecule has 2 aromatic carbocycles. The first-order valence-electron chi connectivity index (χ1n) is 7.67. The van der Waals surface area contributed by atoms with Gasteiger partial charge in [-0.2, -0.15) is 5.26 Å². The minimum absolute atomic E-state index is 0.0939. The van der Waals surface area contributed by atoms with Crippen molar-refractivity contribution in [3.05, 3.63) is 63.3 Å². The van der Waals surface area contributed by atoms with Crippen LogP contribution in [0.25, 0.3) is 11.3 Å². The van der Waals surface area contributed by atoms with Crippen LogP contribution >= 0.6 is 23.2 Å². The molecule has 0 saturated carbocycles. The molecule has 6 nitrogen and oxygen atoms in total. The van der Waals surface area contributed by atoms with Crippen molar-refractivity contribution in [2.24, 2.45) is 0 Å². The lowest BCUT2D eigenvalue weighted by molar-refractivity contribution is 0.0728. The number of hydrogen-bond acceptors (Lipinski definition) is 6. The fraction of sp³-hybridized carbons (Fsp3) is 0.105. The van der Waals surface area contributed by atoms with Crippen molar-refractivity contribution >= 4 is 29.2 Å². The van der Waals surface area contributed by atoms with E-state index in [4.69, 9.17) is 42.5 Å². The Labute approximate surface area is 164 Å². The summed E-state index contributed by atoms with van der Waals surface area (Å²) < 4.78 is 15.8. The van der Waals surface area contributed by atoms with Crippen LogP contribution in [0.5, 0.6) is 11.5 Å². The molecule has 0 saturated heterocycles. The summed E-state index contributed by atoms with van der Waals surface area (Å²) in [5.74, 6) is -0.0755.